The van der Waals surface area contributed by atoms with E-state index in [2.05, 4.69) is 45.3 Å². The zero-order valence-corrected chi connectivity index (χ0v) is 52.5. The number of carbonyl (C=O) groups excluding carboxylic acids is 4. The molecule has 5 saturated carbocycles. The number of aliphatic hydroxyl groups is 3. The van der Waals surface area contributed by atoms with Crippen molar-refractivity contribution in [2.75, 3.05) is 54.1 Å². The van der Waals surface area contributed by atoms with Gasteiger partial charge in [0.15, 0.2) is 0 Å². The van der Waals surface area contributed by atoms with Gasteiger partial charge in [0.2, 0.25) is 23.6 Å². The van der Waals surface area contributed by atoms with Crippen LogP contribution in [0.1, 0.15) is 179 Å². The van der Waals surface area contributed by atoms with Crippen molar-refractivity contribution in [3.63, 3.8) is 0 Å². The number of likely N-dealkylation sites (N-methyl/N-ethyl adjacent to an activating group) is 2. The number of rotatable bonds is 24. The van der Waals surface area contributed by atoms with Crippen molar-refractivity contribution in [1.29, 1.82) is 0 Å². The first-order valence-electron chi connectivity index (χ1n) is 30.8. The van der Waals surface area contributed by atoms with Crippen LogP contribution in [0.3, 0.4) is 0 Å². The van der Waals surface area contributed by atoms with Gasteiger partial charge in [0.05, 0.1) is 12.1 Å². The summed E-state index contributed by atoms with van der Waals surface area (Å²) in [5.74, 6) is -1.26. The van der Waals surface area contributed by atoms with Crippen LogP contribution in [-0.4, -0.2) is 148 Å². The molecule has 6 rings (SSSR count). The minimum absolute atomic E-state index is 0.00343. The molecule has 18 atom stereocenters. The second kappa shape index (κ2) is 25.4. The Morgan fingerprint density at radius 2 is 1.47 bits per heavy atom. The highest BCUT2D eigenvalue weighted by atomic mass is 31.2. The van der Waals surface area contributed by atoms with E-state index in [1.807, 2.05) is 67.5 Å². The van der Waals surface area contributed by atoms with E-state index in [1.54, 1.807) is 16.8 Å². The molecule has 4 amide bonds. The molecule has 0 aromatic heterocycles. The summed E-state index contributed by atoms with van der Waals surface area (Å²) in [7, 11) is 0.767. The van der Waals surface area contributed by atoms with Gasteiger partial charge in [0.25, 0.3) is 0 Å². The van der Waals surface area contributed by atoms with E-state index in [0.717, 1.165) is 63.4 Å². The Hall–Kier alpha value is -2.43. The predicted molar refractivity (Wildman–Crippen MR) is 310 cm³/mol. The highest BCUT2D eigenvalue weighted by molar-refractivity contribution is 7.46. The molecule has 1 heterocycles. The number of aliphatic hydroxyl groups excluding tert-OH is 3. The van der Waals surface area contributed by atoms with E-state index in [1.165, 1.54) is 0 Å². The molecule has 79 heavy (non-hydrogen) atoms. The van der Waals surface area contributed by atoms with Gasteiger partial charge in [-0.3, -0.25) is 28.6 Å². The third kappa shape index (κ3) is 12.5. The first-order valence-corrected chi connectivity index (χ1v) is 32.3. The number of phosphoric ester groups is 1. The number of amides is 4. The molecular weight excluding hydrogens is 1020 g/mol. The van der Waals surface area contributed by atoms with Gasteiger partial charge in [-0.15, -0.1) is 0 Å². The largest absolute Gasteiger partial charge is 0.469 e. The van der Waals surface area contributed by atoms with E-state index >= 15 is 0 Å². The first kappa shape index (κ1) is 65.7. The fourth-order valence-electron chi connectivity index (χ4n) is 19.1. The summed E-state index contributed by atoms with van der Waals surface area (Å²) in [6, 6.07) is -2.13. The Kier molecular flexibility index (Phi) is 21.1. The number of hydrogen-bond acceptors (Lipinski definition) is 10. The third-order valence-corrected chi connectivity index (χ3v) is 24.2. The maximum absolute atomic E-state index is 14.5. The summed E-state index contributed by atoms with van der Waals surface area (Å²) in [6.45, 7) is 30.7. The number of nitrogens with zero attached hydrogens (tertiary/aromatic N) is 3. The van der Waals surface area contributed by atoms with Crippen LogP contribution in [0.25, 0.3) is 0 Å². The van der Waals surface area contributed by atoms with Crippen LogP contribution in [0.5, 0.6) is 0 Å². The molecule has 5 aliphatic carbocycles. The van der Waals surface area contributed by atoms with Crippen molar-refractivity contribution in [3.8, 4) is 0 Å². The molecule has 6 fully saturated rings. The molecule has 17 heteroatoms. The fourth-order valence-corrected chi connectivity index (χ4v) is 19.8. The zero-order chi connectivity index (χ0) is 59.1. The quantitative estimate of drug-likeness (QED) is 0.0357. The lowest BCUT2D eigenvalue weighted by Gasteiger charge is -2.73. The summed E-state index contributed by atoms with van der Waals surface area (Å²) < 4.78 is 17.6. The molecule has 1 aliphatic heterocycles. The first-order chi connectivity index (χ1) is 36.8. The van der Waals surface area contributed by atoms with Crippen molar-refractivity contribution in [2.45, 2.75) is 210 Å². The van der Waals surface area contributed by atoms with Crippen molar-refractivity contribution in [1.82, 2.24) is 25.3 Å². The predicted octanol–water partition coefficient (Wildman–Crippen LogP) is 8.43. The second-order valence-corrected chi connectivity index (χ2v) is 30.0. The molecule has 7 N–H and O–H groups in total. The molecule has 3 unspecified atom stereocenters. The number of hydrogen-bond donors (Lipinski definition) is 7. The molecule has 0 spiro atoms. The molecule has 0 aromatic carbocycles. The summed E-state index contributed by atoms with van der Waals surface area (Å²) >= 11 is 0. The molecule has 16 nitrogen and oxygen atoms in total. The molecule has 1 saturated heterocycles. The Bertz CT molecular complexity index is 2200. The zero-order valence-electron chi connectivity index (χ0n) is 51.6. The van der Waals surface area contributed by atoms with Gasteiger partial charge in [-0.1, -0.05) is 102 Å². The fraction of sp³-hybridized carbons (Fsp3) is 0.903. The number of fused-ring (bicyclic) bond motifs is 7. The molecule has 0 bridgehead atoms. The minimum Gasteiger partial charge on any atom is -0.396 e. The van der Waals surface area contributed by atoms with Crippen LogP contribution >= 0.6 is 7.82 Å². The molecule has 454 valence electrons. The lowest BCUT2D eigenvalue weighted by molar-refractivity contribution is -0.248. The van der Waals surface area contributed by atoms with Crippen LogP contribution in [0.4, 0.5) is 0 Å². The van der Waals surface area contributed by atoms with Crippen LogP contribution in [0.15, 0.2) is 12.2 Å². The van der Waals surface area contributed by atoms with E-state index in [-0.39, 0.29) is 113 Å². The monoisotopic (exact) mass is 1130 g/mol. The van der Waals surface area contributed by atoms with E-state index in [0.29, 0.717) is 57.0 Å². The highest BCUT2D eigenvalue weighted by Crippen LogP contribution is 2.78. The van der Waals surface area contributed by atoms with Crippen LogP contribution < -0.4 is 10.6 Å². The summed E-state index contributed by atoms with van der Waals surface area (Å²) in [5, 5.41) is 39.5. The Morgan fingerprint density at radius 3 is 2.04 bits per heavy atom. The van der Waals surface area contributed by atoms with Crippen molar-refractivity contribution >= 4 is 31.5 Å². The number of carbonyl (C=O) groups is 4. The van der Waals surface area contributed by atoms with Gasteiger partial charge in [-0.25, -0.2) is 4.57 Å². The number of nitrogens with one attached hydrogen (secondary N) is 2. The lowest BCUT2D eigenvalue weighted by atomic mass is 9.32. The van der Waals surface area contributed by atoms with Crippen LogP contribution in [-0.2, 0) is 28.3 Å². The SMILES string of the molecule is C=C(CCNC(=O)[C@H](C)[C@@H](CO)C1CCCN1C(=O)C[C@@H](CO)[C@H]([C@@H](C)CC)N(C)C(=O)[C@@H](NC(=O)[C@H](C(C)C)N(C)C)C(C)C)[C@@H]1CC[C@]2(CO)CC[C@]3(C)C(CCC4[C@@]5(C)CC[C@H](OP(=O)(O)O)C(C)(C)[C@@H]5CC[C@]43C)[C@@H]12. The van der Waals surface area contributed by atoms with E-state index in [4.69, 9.17) is 11.1 Å². The van der Waals surface area contributed by atoms with Crippen molar-refractivity contribution in [3.05, 3.63) is 12.2 Å². The summed E-state index contributed by atoms with van der Waals surface area (Å²) in [5.41, 5.74) is 0.641. The van der Waals surface area contributed by atoms with Gasteiger partial charge >= 0.3 is 7.82 Å². The molecule has 0 aromatic rings. The maximum Gasteiger partial charge on any atom is 0.469 e. The van der Waals surface area contributed by atoms with Crippen molar-refractivity contribution in [2.24, 2.45) is 92.2 Å². The van der Waals surface area contributed by atoms with Gasteiger partial charge in [0.1, 0.15) is 6.04 Å². The van der Waals surface area contributed by atoms with Gasteiger partial charge < -0.3 is 45.5 Å². The Labute approximate surface area is 476 Å². The number of likely N-dealkylation sites (tertiary alicyclic amines) is 1. The topological polar surface area (TPSA) is 230 Å². The van der Waals surface area contributed by atoms with Gasteiger partial charge in [0, 0.05) is 76.2 Å². The minimum atomic E-state index is -4.64. The van der Waals surface area contributed by atoms with Gasteiger partial charge in [-0.05, 0) is 172 Å². The molecule has 0 radical (unpaired) electrons. The summed E-state index contributed by atoms with van der Waals surface area (Å²) in [4.78, 5) is 81.6. The smallest absolute Gasteiger partial charge is 0.396 e. The highest BCUT2D eigenvalue weighted by Gasteiger charge is 2.71. The average molecular weight is 1130 g/mol. The van der Waals surface area contributed by atoms with Crippen molar-refractivity contribution < 1.29 is 53.4 Å². The Morgan fingerprint density at radius 1 is 0.797 bits per heavy atom. The van der Waals surface area contributed by atoms with E-state index in [9.17, 15) is 48.8 Å². The summed E-state index contributed by atoms with van der Waals surface area (Å²) in [6.07, 6.45) is 11.8. The molecular formula is C62H110N5O11P. The Balaban J connectivity index is 1.10. The standard InChI is InChI=1S/C62H110N5O11P/c1-17-39(6)54(66(16)57(74)52(37(2)3)64-56(73)53(38(4)5)65(14)15)42(34-68)33-50(71)67-32-18-19-46(67)44(35-69)41(8)55(72)63-31-25-40(7)43-22-28-62(36-70)30-29-60(12)45(51(43)62)20-21-48-59(11)26-24-49(78-79(75,76)77)58(9,10)47(59)23-27-61(48,60)13/h37-39,41-49,51-54,68-70H,7,17-36H2,1-6,8-16H3,(H,63,72)(H,64,73)(H2,75,76,77)/t39-,41+,42-,43-,44+,45?,46?,47-,48?,49-,51+,52-,53-,54-,59-,60+,61+,62+/m0/s1. The lowest BCUT2D eigenvalue weighted by Crippen LogP contribution is -2.66. The van der Waals surface area contributed by atoms with Gasteiger partial charge in [-0.2, -0.15) is 0 Å². The second-order valence-electron chi connectivity index (χ2n) is 28.8. The molecule has 6 aliphatic rings. The van der Waals surface area contributed by atoms with Crippen LogP contribution in [0, 0.1) is 92.2 Å². The average Bonchev–Trinajstić information content (AvgIpc) is 4.24. The van der Waals surface area contributed by atoms with E-state index < -0.39 is 55.2 Å². The maximum atomic E-state index is 14.5. The van der Waals surface area contributed by atoms with Crippen LogP contribution in [0.2, 0.25) is 0 Å². The normalized spacial score (nSPS) is 35.0. The number of phosphoric acid groups is 1. The third-order valence-electron chi connectivity index (χ3n) is 23.6.